The Morgan fingerprint density at radius 3 is 2.75 bits per heavy atom. The second-order valence-corrected chi connectivity index (χ2v) is 7.55. The molecule has 1 amide bonds. The van der Waals surface area contributed by atoms with Gasteiger partial charge in [0.1, 0.15) is 5.69 Å². The highest BCUT2D eigenvalue weighted by Crippen LogP contribution is 2.25. The van der Waals surface area contributed by atoms with Gasteiger partial charge in [0.25, 0.3) is 5.91 Å². The quantitative estimate of drug-likeness (QED) is 0.754. The van der Waals surface area contributed by atoms with E-state index in [2.05, 4.69) is 10.1 Å². The monoisotopic (exact) mass is 388 g/mol. The van der Waals surface area contributed by atoms with E-state index in [1.807, 2.05) is 34.8 Å². The van der Waals surface area contributed by atoms with Crippen molar-refractivity contribution in [2.24, 2.45) is 7.05 Å². The van der Waals surface area contributed by atoms with E-state index in [0.717, 1.165) is 63.6 Å². The van der Waals surface area contributed by atoms with Crippen LogP contribution in [-0.4, -0.2) is 64.5 Å². The summed E-state index contributed by atoms with van der Waals surface area (Å²) in [6.45, 7) is 3.55. The van der Waals surface area contributed by atoms with E-state index in [1.54, 1.807) is 0 Å². The minimum atomic E-state index is 0.0957. The first-order valence-corrected chi connectivity index (χ1v) is 10.1. The number of piperidine rings is 1. The fourth-order valence-electron chi connectivity index (χ4n) is 3.87. The first kappa shape index (κ1) is 19.1. The lowest BCUT2D eigenvalue weighted by atomic mass is 10.0. The Kier molecular flexibility index (Phi) is 6.07. The number of aryl methyl sites for hydroxylation is 1. The molecule has 0 aromatic carbocycles. The number of ether oxygens (including phenoxy) is 2. The molecule has 0 radical (unpaired) electrons. The second kappa shape index (κ2) is 8.87. The number of rotatable bonds is 6. The molecule has 2 aromatic rings. The summed E-state index contributed by atoms with van der Waals surface area (Å²) >= 11 is 0. The number of hydrogen-bond donors (Lipinski definition) is 0. The van der Waals surface area contributed by atoms with E-state index in [-0.39, 0.29) is 12.0 Å². The molecule has 0 spiro atoms. The maximum Gasteiger partial charge on any atom is 0.270 e. The molecule has 2 aliphatic heterocycles. The molecule has 0 bridgehead atoms. The van der Waals surface area contributed by atoms with Gasteiger partial charge in [-0.1, -0.05) is 5.16 Å². The van der Waals surface area contributed by atoms with Crippen molar-refractivity contribution >= 4 is 5.91 Å². The molecule has 0 N–H and O–H groups in total. The molecule has 8 heteroatoms. The summed E-state index contributed by atoms with van der Waals surface area (Å²) in [6.07, 6.45) is 6.32. The summed E-state index contributed by atoms with van der Waals surface area (Å²) < 4.78 is 18.7. The van der Waals surface area contributed by atoms with Crippen molar-refractivity contribution in [2.45, 2.75) is 44.1 Å². The fourth-order valence-corrected chi connectivity index (χ4v) is 3.87. The number of likely N-dealkylation sites (tertiary alicyclic amines) is 1. The van der Waals surface area contributed by atoms with Crippen molar-refractivity contribution in [3.63, 3.8) is 0 Å². The van der Waals surface area contributed by atoms with Gasteiger partial charge < -0.3 is 23.5 Å². The van der Waals surface area contributed by atoms with Crippen LogP contribution in [-0.2, 0) is 22.9 Å². The highest BCUT2D eigenvalue weighted by atomic mass is 16.5. The van der Waals surface area contributed by atoms with Gasteiger partial charge in [0.05, 0.1) is 12.7 Å². The zero-order valence-electron chi connectivity index (χ0n) is 16.4. The molecule has 28 heavy (non-hydrogen) atoms. The Bertz CT molecular complexity index is 773. The topological polar surface area (TPSA) is 82.6 Å². The molecule has 0 atom stereocenters. The van der Waals surface area contributed by atoms with Gasteiger partial charge in [-0.05, 0) is 37.8 Å². The number of hydrogen-bond acceptors (Lipinski definition) is 6. The van der Waals surface area contributed by atoms with Crippen molar-refractivity contribution < 1.29 is 18.8 Å². The molecule has 2 aromatic heterocycles. The maximum absolute atomic E-state index is 12.5. The fraction of sp³-hybridized carbons (Fsp3) is 0.650. The largest absolute Gasteiger partial charge is 0.381 e. The summed E-state index contributed by atoms with van der Waals surface area (Å²) in [5.74, 6) is 1.85. The first-order valence-electron chi connectivity index (χ1n) is 10.1. The smallest absolute Gasteiger partial charge is 0.270 e. The van der Waals surface area contributed by atoms with Crippen molar-refractivity contribution in [3.05, 3.63) is 35.7 Å². The van der Waals surface area contributed by atoms with Gasteiger partial charge in [-0.2, -0.15) is 4.98 Å². The molecule has 2 aliphatic rings. The van der Waals surface area contributed by atoms with Crippen LogP contribution in [0.1, 0.15) is 53.8 Å². The standard InChI is InChI=1S/C20H28N4O4/c1-23-9-2-3-17(23)20(25)24-10-4-16(5-11-24)27-14-8-18-21-19(28-22-18)15-6-12-26-13-7-15/h2-3,9,15-16H,4-8,10-14H2,1H3. The number of aromatic nitrogens is 3. The number of carbonyl (C=O) groups is 1. The summed E-state index contributed by atoms with van der Waals surface area (Å²) in [7, 11) is 1.90. The van der Waals surface area contributed by atoms with E-state index in [9.17, 15) is 4.79 Å². The lowest BCUT2D eigenvalue weighted by molar-refractivity contribution is 0.00922. The first-order chi connectivity index (χ1) is 13.7. The van der Waals surface area contributed by atoms with Crippen LogP contribution >= 0.6 is 0 Å². The Morgan fingerprint density at radius 1 is 1.25 bits per heavy atom. The average Bonchev–Trinajstić information content (AvgIpc) is 3.38. The number of carbonyl (C=O) groups excluding carboxylic acids is 1. The van der Waals surface area contributed by atoms with Crippen LogP contribution in [0.25, 0.3) is 0 Å². The lowest BCUT2D eigenvalue weighted by Gasteiger charge is -2.32. The minimum absolute atomic E-state index is 0.0957. The molecule has 4 heterocycles. The highest BCUT2D eigenvalue weighted by molar-refractivity contribution is 5.92. The average molecular weight is 388 g/mol. The molecule has 152 valence electrons. The zero-order valence-corrected chi connectivity index (χ0v) is 16.4. The molecule has 2 saturated heterocycles. The van der Waals surface area contributed by atoms with Crippen LogP contribution in [0.2, 0.25) is 0 Å². The number of nitrogens with zero attached hydrogens (tertiary/aromatic N) is 4. The molecule has 0 saturated carbocycles. The van der Waals surface area contributed by atoms with Crippen LogP contribution in [0.15, 0.2) is 22.9 Å². The molecule has 8 nitrogen and oxygen atoms in total. The van der Waals surface area contributed by atoms with E-state index in [4.69, 9.17) is 14.0 Å². The molecule has 4 rings (SSSR count). The minimum Gasteiger partial charge on any atom is -0.381 e. The van der Waals surface area contributed by atoms with E-state index < -0.39 is 0 Å². The Hall–Kier alpha value is -2.19. The van der Waals surface area contributed by atoms with Gasteiger partial charge in [-0.15, -0.1) is 0 Å². The lowest BCUT2D eigenvalue weighted by Crippen LogP contribution is -2.41. The summed E-state index contributed by atoms with van der Waals surface area (Å²) in [5, 5.41) is 4.08. The van der Waals surface area contributed by atoms with Crippen LogP contribution in [0, 0.1) is 0 Å². The van der Waals surface area contributed by atoms with Gasteiger partial charge in [-0.3, -0.25) is 4.79 Å². The Labute approximate surface area is 164 Å². The molecule has 2 fully saturated rings. The van der Waals surface area contributed by atoms with Crippen molar-refractivity contribution in [1.82, 2.24) is 19.6 Å². The van der Waals surface area contributed by atoms with Crippen molar-refractivity contribution in [3.8, 4) is 0 Å². The Morgan fingerprint density at radius 2 is 2.04 bits per heavy atom. The molecular weight excluding hydrogens is 360 g/mol. The predicted molar refractivity (Wildman–Crippen MR) is 101 cm³/mol. The Balaban J connectivity index is 1.18. The van der Waals surface area contributed by atoms with Crippen molar-refractivity contribution in [2.75, 3.05) is 32.9 Å². The van der Waals surface area contributed by atoms with Crippen LogP contribution in [0.4, 0.5) is 0 Å². The summed E-state index contributed by atoms with van der Waals surface area (Å²) in [4.78, 5) is 19.0. The highest BCUT2D eigenvalue weighted by Gasteiger charge is 2.25. The van der Waals surface area contributed by atoms with E-state index in [1.165, 1.54) is 0 Å². The van der Waals surface area contributed by atoms with Gasteiger partial charge in [0, 0.05) is 51.9 Å². The SMILES string of the molecule is Cn1cccc1C(=O)N1CCC(OCCc2noc(C3CCOCC3)n2)CC1. The third kappa shape index (κ3) is 4.44. The van der Waals surface area contributed by atoms with Crippen molar-refractivity contribution in [1.29, 1.82) is 0 Å². The second-order valence-electron chi connectivity index (χ2n) is 7.55. The van der Waals surface area contributed by atoms with Gasteiger partial charge in [-0.25, -0.2) is 0 Å². The van der Waals surface area contributed by atoms with Gasteiger partial charge in [0.2, 0.25) is 5.89 Å². The maximum atomic E-state index is 12.5. The van der Waals surface area contributed by atoms with Gasteiger partial charge >= 0.3 is 0 Å². The third-order valence-electron chi connectivity index (χ3n) is 5.63. The molecular formula is C20H28N4O4. The zero-order chi connectivity index (χ0) is 19.3. The van der Waals surface area contributed by atoms with E-state index >= 15 is 0 Å². The van der Waals surface area contributed by atoms with Crippen LogP contribution < -0.4 is 0 Å². The number of amides is 1. The van der Waals surface area contributed by atoms with Gasteiger partial charge in [0.15, 0.2) is 5.82 Å². The normalized spacial score (nSPS) is 19.2. The van der Waals surface area contributed by atoms with Crippen LogP contribution in [0.3, 0.4) is 0 Å². The summed E-state index contributed by atoms with van der Waals surface area (Å²) in [5.41, 5.74) is 0.733. The van der Waals surface area contributed by atoms with Crippen LogP contribution in [0.5, 0.6) is 0 Å². The van der Waals surface area contributed by atoms with E-state index in [0.29, 0.717) is 24.8 Å². The molecule has 0 aliphatic carbocycles. The third-order valence-corrected chi connectivity index (χ3v) is 5.63. The predicted octanol–water partition coefficient (Wildman–Crippen LogP) is 2.17. The summed E-state index contributed by atoms with van der Waals surface area (Å²) in [6, 6.07) is 3.76. The molecule has 0 unspecified atom stereocenters.